The van der Waals surface area contributed by atoms with Gasteiger partial charge in [0.1, 0.15) is 5.37 Å². The van der Waals surface area contributed by atoms with Crippen LogP contribution in [0.3, 0.4) is 0 Å². The number of nitrogens with one attached hydrogen (secondary N) is 3. The molecular formula is C18H30N4O3S. The van der Waals surface area contributed by atoms with Crippen LogP contribution in [0.15, 0.2) is 0 Å². The van der Waals surface area contributed by atoms with Gasteiger partial charge in [0.15, 0.2) is 0 Å². The van der Waals surface area contributed by atoms with E-state index in [9.17, 15) is 14.4 Å². The Labute approximate surface area is 159 Å². The molecule has 3 fully saturated rings. The molecule has 0 bridgehead atoms. The van der Waals surface area contributed by atoms with Gasteiger partial charge in [0, 0.05) is 50.3 Å². The number of fused-ring (bicyclic) bond motifs is 1. The molecule has 3 N–H and O–H groups in total. The van der Waals surface area contributed by atoms with Gasteiger partial charge in [0.25, 0.3) is 0 Å². The van der Waals surface area contributed by atoms with E-state index in [1.807, 2.05) is 4.90 Å². The molecule has 2 aliphatic heterocycles. The number of likely N-dealkylation sites (N-methyl/N-ethyl adjacent to an activating group) is 1. The summed E-state index contributed by atoms with van der Waals surface area (Å²) in [5.41, 5.74) is 0. The third-order valence-electron chi connectivity index (χ3n) is 5.80. The maximum Gasteiger partial charge on any atom is 0.247 e. The van der Waals surface area contributed by atoms with Crippen molar-refractivity contribution in [2.75, 3.05) is 20.1 Å². The van der Waals surface area contributed by atoms with Gasteiger partial charge in [-0.3, -0.25) is 19.7 Å². The van der Waals surface area contributed by atoms with Crippen LogP contribution < -0.4 is 16.0 Å². The molecule has 2 heterocycles. The van der Waals surface area contributed by atoms with Crippen molar-refractivity contribution < 1.29 is 14.4 Å². The first-order chi connectivity index (χ1) is 12.5. The Morgan fingerprint density at radius 3 is 2.38 bits per heavy atom. The Morgan fingerprint density at radius 1 is 1.04 bits per heavy atom. The minimum atomic E-state index is -0.165. The molecule has 3 unspecified atom stereocenters. The minimum Gasteiger partial charge on any atom is -0.357 e. The van der Waals surface area contributed by atoms with Gasteiger partial charge in [0.2, 0.25) is 17.7 Å². The van der Waals surface area contributed by atoms with Crippen LogP contribution in [0.2, 0.25) is 0 Å². The number of likely N-dealkylation sites (tertiary alicyclic amines) is 1. The van der Waals surface area contributed by atoms with Crippen LogP contribution in [0.1, 0.15) is 45.4 Å². The van der Waals surface area contributed by atoms with Crippen molar-refractivity contribution in [2.45, 2.75) is 68.2 Å². The molecular weight excluding hydrogens is 352 g/mol. The number of thioether (sulfide) groups is 1. The lowest BCUT2D eigenvalue weighted by Crippen LogP contribution is -2.43. The summed E-state index contributed by atoms with van der Waals surface area (Å²) in [6, 6.07) is 0.526. The molecule has 1 saturated carbocycles. The Morgan fingerprint density at radius 2 is 1.73 bits per heavy atom. The second-order valence-corrected chi connectivity index (χ2v) is 8.94. The standard InChI is InChI=1S/C18H30N4O3S/c1-11(23)20-13-5-3-12(4-6-13)18(25)22-9-7-14-15(8-10-22)26-17(21-14)16(24)19-2/h12-15,17,21H,3-10H2,1-2H3,(H,19,24)(H,20,23). The van der Waals surface area contributed by atoms with Crippen LogP contribution in [0.5, 0.6) is 0 Å². The lowest BCUT2D eigenvalue weighted by molar-refractivity contribution is -0.136. The number of amides is 3. The number of hydrogen-bond acceptors (Lipinski definition) is 5. The van der Waals surface area contributed by atoms with Crippen LogP contribution in [-0.2, 0) is 14.4 Å². The topological polar surface area (TPSA) is 90.5 Å². The maximum absolute atomic E-state index is 12.9. The Kier molecular flexibility index (Phi) is 6.45. The molecule has 8 heteroatoms. The number of carbonyl (C=O) groups excluding carboxylic acids is 3. The molecule has 2 saturated heterocycles. The van der Waals surface area contributed by atoms with E-state index in [0.29, 0.717) is 11.3 Å². The largest absolute Gasteiger partial charge is 0.357 e. The van der Waals surface area contributed by atoms with Crippen molar-refractivity contribution in [1.29, 1.82) is 0 Å². The molecule has 1 aliphatic carbocycles. The summed E-state index contributed by atoms with van der Waals surface area (Å²) in [5, 5.41) is 9.32. The SMILES string of the molecule is CNC(=O)C1NC2CCN(C(=O)C3CCC(NC(C)=O)CC3)CCC2S1. The Balaban J connectivity index is 1.48. The lowest BCUT2D eigenvalue weighted by atomic mass is 9.85. The summed E-state index contributed by atoms with van der Waals surface area (Å²) in [7, 11) is 1.67. The quantitative estimate of drug-likeness (QED) is 0.659. The molecule has 0 aromatic heterocycles. The molecule has 3 rings (SSSR count). The second-order valence-electron chi connectivity index (χ2n) is 7.59. The van der Waals surface area contributed by atoms with Crippen molar-refractivity contribution in [1.82, 2.24) is 20.9 Å². The van der Waals surface area contributed by atoms with Crippen LogP contribution in [0.25, 0.3) is 0 Å². The summed E-state index contributed by atoms with van der Waals surface area (Å²) >= 11 is 1.69. The zero-order valence-electron chi connectivity index (χ0n) is 15.6. The van der Waals surface area contributed by atoms with Crippen molar-refractivity contribution in [3.63, 3.8) is 0 Å². The molecule has 0 aromatic rings. The van der Waals surface area contributed by atoms with E-state index in [-0.39, 0.29) is 35.1 Å². The summed E-state index contributed by atoms with van der Waals surface area (Å²) in [6.45, 7) is 3.09. The first kappa shape index (κ1) is 19.5. The maximum atomic E-state index is 12.9. The van der Waals surface area contributed by atoms with Crippen LogP contribution in [-0.4, -0.2) is 65.5 Å². The van der Waals surface area contributed by atoms with E-state index in [2.05, 4.69) is 16.0 Å². The fraction of sp³-hybridized carbons (Fsp3) is 0.833. The fourth-order valence-electron chi connectivity index (χ4n) is 4.36. The summed E-state index contributed by atoms with van der Waals surface area (Å²) in [4.78, 5) is 38.0. The predicted octanol–water partition coefficient (Wildman–Crippen LogP) is 0.449. The zero-order valence-corrected chi connectivity index (χ0v) is 16.4. The smallest absolute Gasteiger partial charge is 0.247 e. The van der Waals surface area contributed by atoms with Gasteiger partial charge in [-0.2, -0.15) is 0 Å². The zero-order chi connectivity index (χ0) is 18.7. The van der Waals surface area contributed by atoms with E-state index in [0.717, 1.165) is 51.6 Å². The van der Waals surface area contributed by atoms with E-state index in [1.54, 1.807) is 25.7 Å². The van der Waals surface area contributed by atoms with Crippen LogP contribution in [0, 0.1) is 5.92 Å². The molecule has 26 heavy (non-hydrogen) atoms. The fourth-order valence-corrected chi connectivity index (χ4v) is 5.85. The van der Waals surface area contributed by atoms with Crippen LogP contribution in [0.4, 0.5) is 0 Å². The average molecular weight is 383 g/mol. The van der Waals surface area contributed by atoms with Gasteiger partial charge in [-0.05, 0) is 38.5 Å². The molecule has 3 atom stereocenters. The van der Waals surface area contributed by atoms with E-state index >= 15 is 0 Å². The lowest BCUT2D eigenvalue weighted by Gasteiger charge is -2.32. The van der Waals surface area contributed by atoms with Crippen LogP contribution >= 0.6 is 11.8 Å². The highest BCUT2D eigenvalue weighted by Gasteiger charge is 2.40. The highest BCUT2D eigenvalue weighted by Crippen LogP contribution is 2.34. The van der Waals surface area contributed by atoms with E-state index < -0.39 is 0 Å². The number of rotatable bonds is 3. The molecule has 0 aromatic carbocycles. The number of nitrogens with zero attached hydrogens (tertiary/aromatic N) is 1. The first-order valence-electron chi connectivity index (χ1n) is 9.67. The monoisotopic (exact) mass is 382 g/mol. The molecule has 3 amide bonds. The molecule has 0 radical (unpaired) electrons. The van der Waals surface area contributed by atoms with Gasteiger partial charge in [0.05, 0.1) is 0 Å². The Hall–Kier alpha value is -1.28. The molecule has 0 spiro atoms. The van der Waals surface area contributed by atoms with E-state index in [1.165, 1.54) is 0 Å². The summed E-state index contributed by atoms with van der Waals surface area (Å²) < 4.78 is 0. The summed E-state index contributed by atoms with van der Waals surface area (Å²) in [5.74, 6) is 0.419. The van der Waals surface area contributed by atoms with Gasteiger partial charge in [-0.15, -0.1) is 11.8 Å². The normalized spacial score (nSPS) is 34.5. The molecule has 7 nitrogen and oxygen atoms in total. The highest BCUT2D eigenvalue weighted by molar-refractivity contribution is 8.01. The third-order valence-corrected chi connectivity index (χ3v) is 7.33. The first-order valence-corrected chi connectivity index (χ1v) is 10.6. The van der Waals surface area contributed by atoms with E-state index in [4.69, 9.17) is 0 Å². The Bertz CT molecular complexity index is 535. The predicted molar refractivity (Wildman–Crippen MR) is 102 cm³/mol. The number of carbonyl (C=O) groups is 3. The highest BCUT2D eigenvalue weighted by atomic mass is 32.2. The molecule has 3 aliphatic rings. The van der Waals surface area contributed by atoms with Crippen molar-refractivity contribution in [3.05, 3.63) is 0 Å². The average Bonchev–Trinajstić information content (AvgIpc) is 2.94. The minimum absolute atomic E-state index is 0.0129. The van der Waals surface area contributed by atoms with Gasteiger partial charge >= 0.3 is 0 Å². The van der Waals surface area contributed by atoms with Crippen molar-refractivity contribution in [2.24, 2.45) is 5.92 Å². The molecule has 146 valence electrons. The van der Waals surface area contributed by atoms with Gasteiger partial charge < -0.3 is 15.5 Å². The number of hydrogen-bond donors (Lipinski definition) is 3. The summed E-state index contributed by atoms with van der Waals surface area (Å²) in [6.07, 6.45) is 5.33. The van der Waals surface area contributed by atoms with Gasteiger partial charge in [-0.25, -0.2) is 0 Å². The van der Waals surface area contributed by atoms with Gasteiger partial charge in [-0.1, -0.05) is 0 Å². The third kappa shape index (κ3) is 4.52. The van der Waals surface area contributed by atoms with Crippen molar-refractivity contribution in [3.8, 4) is 0 Å². The van der Waals surface area contributed by atoms with Crippen molar-refractivity contribution >= 4 is 29.5 Å². The second kappa shape index (κ2) is 8.61.